The van der Waals surface area contributed by atoms with Gasteiger partial charge in [-0.25, -0.2) is 0 Å². The van der Waals surface area contributed by atoms with Gasteiger partial charge in [-0.3, -0.25) is 14.9 Å². The molecule has 0 aliphatic heterocycles. The standard InChI is InChI=1S/C19H15N3O3/c23-19(14-5-4-8-18(13-14)22(24)25)21-17-11-9-16(10-12-17)20-15-6-2-1-3-7-15/h1-13,20H,(H,21,23). The Balaban J connectivity index is 1.68. The number of hydrogen-bond acceptors (Lipinski definition) is 4. The lowest BCUT2D eigenvalue weighted by Gasteiger charge is -2.08. The van der Waals surface area contributed by atoms with E-state index < -0.39 is 10.8 Å². The van der Waals surface area contributed by atoms with Crippen LogP contribution in [0, 0.1) is 10.1 Å². The first-order chi connectivity index (χ1) is 12.1. The second kappa shape index (κ2) is 7.27. The number of benzene rings is 3. The Morgan fingerprint density at radius 1 is 0.800 bits per heavy atom. The van der Waals surface area contributed by atoms with Crippen molar-refractivity contribution in [2.75, 3.05) is 10.6 Å². The van der Waals surface area contributed by atoms with Crippen molar-refractivity contribution in [2.45, 2.75) is 0 Å². The monoisotopic (exact) mass is 333 g/mol. The zero-order chi connectivity index (χ0) is 17.6. The normalized spacial score (nSPS) is 10.1. The molecule has 25 heavy (non-hydrogen) atoms. The van der Waals surface area contributed by atoms with Crippen LogP contribution in [0.5, 0.6) is 0 Å². The van der Waals surface area contributed by atoms with E-state index in [9.17, 15) is 14.9 Å². The molecule has 0 spiro atoms. The topological polar surface area (TPSA) is 84.3 Å². The fourth-order valence-corrected chi connectivity index (χ4v) is 2.29. The van der Waals surface area contributed by atoms with Gasteiger partial charge in [0.1, 0.15) is 0 Å². The number of nitrogens with zero attached hydrogens (tertiary/aromatic N) is 1. The molecular formula is C19H15N3O3. The summed E-state index contributed by atoms with van der Waals surface area (Å²) in [4.78, 5) is 22.5. The van der Waals surface area contributed by atoms with E-state index in [0.29, 0.717) is 5.69 Å². The van der Waals surface area contributed by atoms with Crippen LogP contribution >= 0.6 is 0 Å². The van der Waals surface area contributed by atoms with Crippen molar-refractivity contribution in [1.29, 1.82) is 0 Å². The van der Waals surface area contributed by atoms with Gasteiger partial charge in [0.2, 0.25) is 0 Å². The van der Waals surface area contributed by atoms with Gasteiger partial charge in [-0.1, -0.05) is 24.3 Å². The molecule has 6 heteroatoms. The molecule has 2 N–H and O–H groups in total. The number of carbonyl (C=O) groups excluding carboxylic acids is 1. The van der Waals surface area contributed by atoms with E-state index in [4.69, 9.17) is 0 Å². The van der Waals surface area contributed by atoms with E-state index in [1.54, 1.807) is 12.1 Å². The number of amides is 1. The first-order valence-electron chi connectivity index (χ1n) is 7.60. The fourth-order valence-electron chi connectivity index (χ4n) is 2.29. The molecule has 6 nitrogen and oxygen atoms in total. The van der Waals surface area contributed by atoms with Crippen LogP contribution in [-0.2, 0) is 0 Å². The Bertz CT molecular complexity index is 893. The van der Waals surface area contributed by atoms with Crippen LogP contribution in [0.15, 0.2) is 78.9 Å². The predicted octanol–water partition coefficient (Wildman–Crippen LogP) is 4.59. The van der Waals surface area contributed by atoms with E-state index in [-0.39, 0.29) is 11.3 Å². The van der Waals surface area contributed by atoms with E-state index in [1.807, 2.05) is 42.5 Å². The maximum atomic E-state index is 12.2. The minimum Gasteiger partial charge on any atom is -0.356 e. The average molecular weight is 333 g/mol. The zero-order valence-corrected chi connectivity index (χ0v) is 13.2. The van der Waals surface area contributed by atoms with Crippen LogP contribution in [0.25, 0.3) is 0 Å². The highest BCUT2D eigenvalue weighted by Crippen LogP contribution is 2.20. The lowest BCUT2D eigenvalue weighted by Crippen LogP contribution is -2.12. The van der Waals surface area contributed by atoms with Crippen LogP contribution in [-0.4, -0.2) is 10.8 Å². The summed E-state index contributed by atoms with van der Waals surface area (Å²) in [5, 5.41) is 16.8. The zero-order valence-electron chi connectivity index (χ0n) is 13.2. The van der Waals surface area contributed by atoms with Gasteiger partial charge in [0, 0.05) is 34.8 Å². The van der Waals surface area contributed by atoms with Crippen LogP contribution in [0.2, 0.25) is 0 Å². The number of carbonyl (C=O) groups is 1. The minimum absolute atomic E-state index is 0.116. The molecule has 0 aliphatic rings. The second-order valence-electron chi connectivity index (χ2n) is 5.33. The summed E-state index contributed by atoms with van der Waals surface area (Å²) in [6, 6.07) is 22.6. The molecule has 0 saturated heterocycles. The SMILES string of the molecule is O=C(Nc1ccc(Nc2ccccc2)cc1)c1cccc([N+](=O)[O-])c1. The molecule has 0 saturated carbocycles. The van der Waals surface area contributed by atoms with Crippen LogP contribution in [0.4, 0.5) is 22.7 Å². The second-order valence-corrected chi connectivity index (χ2v) is 5.33. The Kier molecular flexibility index (Phi) is 4.71. The summed E-state index contributed by atoms with van der Waals surface area (Å²) in [7, 11) is 0. The number of nitro groups is 1. The van der Waals surface area contributed by atoms with Gasteiger partial charge >= 0.3 is 0 Å². The summed E-state index contributed by atoms with van der Waals surface area (Å²) < 4.78 is 0. The predicted molar refractivity (Wildman–Crippen MR) is 97.2 cm³/mol. The van der Waals surface area contributed by atoms with Crippen molar-refractivity contribution in [3.63, 3.8) is 0 Å². The number of nitrogens with one attached hydrogen (secondary N) is 2. The molecular weight excluding hydrogens is 318 g/mol. The molecule has 124 valence electrons. The Labute approximate surface area is 144 Å². The van der Waals surface area contributed by atoms with Gasteiger partial charge in [-0.2, -0.15) is 0 Å². The molecule has 3 rings (SSSR count). The van der Waals surface area contributed by atoms with Gasteiger partial charge in [-0.05, 0) is 42.5 Å². The highest BCUT2D eigenvalue weighted by molar-refractivity contribution is 6.04. The summed E-state index contributed by atoms with van der Waals surface area (Å²) >= 11 is 0. The highest BCUT2D eigenvalue weighted by Gasteiger charge is 2.11. The smallest absolute Gasteiger partial charge is 0.270 e. The summed E-state index contributed by atoms with van der Waals surface area (Å²) in [6.07, 6.45) is 0. The lowest BCUT2D eigenvalue weighted by molar-refractivity contribution is -0.384. The maximum Gasteiger partial charge on any atom is 0.270 e. The van der Waals surface area contributed by atoms with E-state index >= 15 is 0 Å². The molecule has 0 unspecified atom stereocenters. The van der Waals surface area contributed by atoms with Crippen molar-refractivity contribution < 1.29 is 9.72 Å². The maximum absolute atomic E-state index is 12.2. The minimum atomic E-state index is -0.527. The number of rotatable bonds is 5. The van der Waals surface area contributed by atoms with Gasteiger partial charge in [-0.15, -0.1) is 0 Å². The molecule has 1 amide bonds. The van der Waals surface area contributed by atoms with Crippen LogP contribution < -0.4 is 10.6 Å². The van der Waals surface area contributed by atoms with Crippen molar-refractivity contribution in [2.24, 2.45) is 0 Å². The number of hydrogen-bond donors (Lipinski definition) is 2. The molecule has 3 aromatic carbocycles. The molecule has 0 bridgehead atoms. The van der Waals surface area contributed by atoms with Crippen molar-refractivity contribution >= 4 is 28.7 Å². The molecule has 0 fully saturated rings. The number of nitro benzene ring substituents is 1. The van der Waals surface area contributed by atoms with Crippen molar-refractivity contribution in [1.82, 2.24) is 0 Å². The fraction of sp³-hybridized carbons (Fsp3) is 0. The summed E-state index contributed by atoms with van der Waals surface area (Å²) in [6.45, 7) is 0. The largest absolute Gasteiger partial charge is 0.356 e. The Hall–Kier alpha value is -3.67. The number of non-ortho nitro benzene ring substituents is 1. The van der Waals surface area contributed by atoms with Crippen LogP contribution in [0.1, 0.15) is 10.4 Å². The Morgan fingerprint density at radius 3 is 2.12 bits per heavy atom. The third-order valence-electron chi connectivity index (χ3n) is 3.52. The van der Waals surface area contributed by atoms with E-state index in [1.165, 1.54) is 24.3 Å². The first-order valence-corrected chi connectivity index (χ1v) is 7.60. The number of anilines is 3. The van der Waals surface area contributed by atoms with Crippen molar-refractivity contribution in [3.8, 4) is 0 Å². The van der Waals surface area contributed by atoms with E-state index in [0.717, 1.165) is 11.4 Å². The molecule has 3 aromatic rings. The Morgan fingerprint density at radius 2 is 1.44 bits per heavy atom. The first kappa shape index (κ1) is 16.2. The third-order valence-corrected chi connectivity index (χ3v) is 3.52. The molecule has 0 aliphatic carbocycles. The summed E-state index contributed by atoms with van der Waals surface area (Å²) in [5.41, 5.74) is 2.58. The van der Waals surface area contributed by atoms with Crippen molar-refractivity contribution in [3.05, 3.63) is 94.5 Å². The quantitative estimate of drug-likeness (QED) is 0.528. The van der Waals surface area contributed by atoms with E-state index in [2.05, 4.69) is 10.6 Å². The summed E-state index contributed by atoms with van der Waals surface area (Å²) in [5.74, 6) is -0.396. The molecule has 0 aromatic heterocycles. The van der Waals surface area contributed by atoms with Gasteiger partial charge in [0.25, 0.3) is 11.6 Å². The molecule has 0 atom stereocenters. The molecule has 0 heterocycles. The average Bonchev–Trinajstić information content (AvgIpc) is 2.64. The molecule has 0 radical (unpaired) electrons. The lowest BCUT2D eigenvalue weighted by atomic mass is 10.2. The van der Waals surface area contributed by atoms with Gasteiger partial charge < -0.3 is 10.6 Å². The van der Waals surface area contributed by atoms with Crippen LogP contribution in [0.3, 0.4) is 0 Å². The van der Waals surface area contributed by atoms with Gasteiger partial charge in [0.05, 0.1) is 4.92 Å². The number of para-hydroxylation sites is 1. The highest BCUT2D eigenvalue weighted by atomic mass is 16.6. The van der Waals surface area contributed by atoms with Gasteiger partial charge in [0.15, 0.2) is 0 Å². The third kappa shape index (κ3) is 4.20.